The number of hydrogen-bond acceptors (Lipinski definition) is 7. The van der Waals surface area contributed by atoms with E-state index in [1.807, 2.05) is 0 Å². The summed E-state index contributed by atoms with van der Waals surface area (Å²) in [6.45, 7) is 3.49. The summed E-state index contributed by atoms with van der Waals surface area (Å²) in [5.74, 6) is -0.195. The molecular weight excluding hydrogens is 466 g/mol. The van der Waals surface area contributed by atoms with Crippen LogP contribution in [0.1, 0.15) is 11.1 Å². The van der Waals surface area contributed by atoms with Gasteiger partial charge in [-0.3, -0.25) is 4.72 Å². The van der Waals surface area contributed by atoms with Crippen LogP contribution in [-0.2, 0) is 20.1 Å². The predicted octanol–water partition coefficient (Wildman–Crippen LogP) is 3.98. The monoisotopic (exact) mass is 485 g/mol. The summed E-state index contributed by atoms with van der Waals surface area (Å²) in [5, 5.41) is 0.272. The van der Waals surface area contributed by atoms with Crippen molar-refractivity contribution in [1.82, 2.24) is 0 Å². The Morgan fingerprint density at radius 1 is 0.788 bits per heavy atom. The maximum absolute atomic E-state index is 12.7. The highest BCUT2D eigenvalue weighted by atomic mass is 32.2. The van der Waals surface area contributed by atoms with Gasteiger partial charge < -0.3 is 8.60 Å². The lowest BCUT2D eigenvalue weighted by Gasteiger charge is -2.11. The van der Waals surface area contributed by atoms with E-state index >= 15 is 0 Å². The second-order valence-electron chi connectivity index (χ2n) is 7.40. The number of fused-ring (bicyclic) bond motifs is 1. The molecule has 33 heavy (non-hydrogen) atoms. The van der Waals surface area contributed by atoms with Gasteiger partial charge in [0.2, 0.25) is 0 Å². The molecule has 8 nitrogen and oxygen atoms in total. The Kier molecular flexibility index (Phi) is 5.73. The molecular formula is C23H19NO7S2. The first-order valence-corrected chi connectivity index (χ1v) is 12.6. The Labute approximate surface area is 190 Å². The minimum Gasteiger partial charge on any atom is -0.417 e. The van der Waals surface area contributed by atoms with Crippen LogP contribution in [0.4, 0.5) is 5.69 Å². The first kappa shape index (κ1) is 22.6. The van der Waals surface area contributed by atoms with Crippen molar-refractivity contribution in [1.29, 1.82) is 0 Å². The second kappa shape index (κ2) is 8.38. The van der Waals surface area contributed by atoms with E-state index in [0.717, 1.165) is 11.1 Å². The van der Waals surface area contributed by atoms with Crippen molar-refractivity contribution in [3.05, 3.63) is 94.3 Å². The Bertz CT molecular complexity index is 1640. The summed E-state index contributed by atoms with van der Waals surface area (Å²) in [6.07, 6.45) is 0. The zero-order valence-electron chi connectivity index (χ0n) is 17.6. The standard InChI is InChI=1S/C23H19NO7S2/c1-15-6-3-9-18(12-15)32(26,27)24-20-14-17-8-5-11-21(22(17)30-23(20)25)31-33(28,29)19-10-4-7-16(2)13-19/h3-14,24H,1-2H3. The Balaban J connectivity index is 1.72. The lowest BCUT2D eigenvalue weighted by molar-refractivity contribution is 0.475. The first-order valence-electron chi connectivity index (χ1n) is 9.73. The molecule has 0 aliphatic carbocycles. The van der Waals surface area contributed by atoms with E-state index in [1.54, 1.807) is 38.1 Å². The molecule has 0 amide bonds. The van der Waals surface area contributed by atoms with Crippen molar-refractivity contribution in [2.75, 3.05) is 4.72 Å². The maximum atomic E-state index is 12.7. The molecule has 0 aliphatic rings. The molecule has 0 radical (unpaired) electrons. The summed E-state index contributed by atoms with van der Waals surface area (Å²) in [4.78, 5) is 12.5. The van der Waals surface area contributed by atoms with Gasteiger partial charge >= 0.3 is 15.7 Å². The number of anilines is 1. The smallest absolute Gasteiger partial charge is 0.360 e. The molecule has 3 aromatic carbocycles. The molecule has 0 saturated carbocycles. The van der Waals surface area contributed by atoms with Gasteiger partial charge in [0.25, 0.3) is 10.0 Å². The minimum atomic E-state index is -4.19. The normalized spacial score (nSPS) is 11.9. The van der Waals surface area contributed by atoms with E-state index in [-0.39, 0.29) is 32.2 Å². The fraction of sp³-hybridized carbons (Fsp3) is 0.0870. The van der Waals surface area contributed by atoms with Gasteiger partial charge in [-0.1, -0.05) is 36.4 Å². The number of sulfonamides is 1. The van der Waals surface area contributed by atoms with Crippen molar-refractivity contribution in [2.45, 2.75) is 23.6 Å². The molecule has 4 rings (SSSR count). The summed E-state index contributed by atoms with van der Waals surface area (Å²) in [5.41, 5.74) is 0.0253. The van der Waals surface area contributed by atoms with Crippen molar-refractivity contribution in [3.63, 3.8) is 0 Å². The summed E-state index contributed by atoms with van der Waals surface area (Å²) < 4.78 is 63.5. The molecule has 0 atom stereocenters. The number of rotatable bonds is 6. The fourth-order valence-electron chi connectivity index (χ4n) is 3.18. The Morgan fingerprint density at radius 2 is 1.39 bits per heavy atom. The number of nitrogens with one attached hydrogen (secondary N) is 1. The molecule has 1 heterocycles. The van der Waals surface area contributed by atoms with Gasteiger partial charge in [0.15, 0.2) is 11.3 Å². The number of hydrogen-bond donors (Lipinski definition) is 1. The lowest BCUT2D eigenvalue weighted by Crippen LogP contribution is -2.18. The van der Waals surface area contributed by atoms with Crippen LogP contribution in [-0.4, -0.2) is 16.8 Å². The molecule has 0 saturated heterocycles. The van der Waals surface area contributed by atoms with Gasteiger partial charge in [-0.25, -0.2) is 13.2 Å². The highest BCUT2D eigenvalue weighted by Gasteiger charge is 2.21. The average molecular weight is 486 g/mol. The number of benzene rings is 3. The van der Waals surface area contributed by atoms with E-state index in [9.17, 15) is 21.6 Å². The third-order valence-corrected chi connectivity index (χ3v) is 7.34. The van der Waals surface area contributed by atoms with Crippen LogP contribution < -0.4 is 14.5 Å². The molecule has 1 aromatic heterocycles. The average Bonchev–Trinajstić information content (AvgIpc) is 2.74. The molecule has 170 valence electrons. The second-order valence-corrected chi connectivity index (χ2v) is 10.6. The maximum Gasteiger partial charge on any atom is 0.360 e. The van der Waals surface area contributed by atoms with Crippen LogP contribution in [0.3, 0.4) is 0 Å². The Morgan fingerprint density at radius 3 is 2.06 bits per heavy atom. The van der Waals surface area contributed by atoms with Gasteiger partial charge in [0.05, 0.1) is 4.90 Å². The van der Waals surface area contributed by atoms with Gasteiger partial charge in [0.1, 0.15) is 10.6 Å². The predicted molar refractivity (Wildman–Crippen MR) is 123 cm³/mol. The van der Waals surface area contributed by atoms with Crippen molar-refractivity contribution in [2.24, 2.45) is 0 Å². The third-order valence-electron chi connectivity index (χ3n) is 4.75. The van der Waals surface area contributed by atoms with E-state index in [1.165, 1.54) is 48.5 Å². The summed E-state index contributed by atoms with van der Waals surface area (Å²) >= 11 is 0. The summed E-state index contributed by atoms with van der Waals surface area (Å²) in [6, 6.07) is 18.0. The molecule has 0 unspecified atom stereocenters. The van der Waals surface area contributed by atoms with Gasteiger partial charge in [-0.2, -0.15) is 8.42 Å². The molecule has 0 fully saturated rings. The molecule has 1 N–H and O–H groups in total. The molecule has 0 bridgehead atoms. The quantitative estimate of drug-likeness (QED) is 0.324. The Hall–Kier alpha value is -3.63. The highest BCUT2D eigenvalue weighted by Crippen LogP contribution is 2.29. The van der Waals surface area contributed by atoms with Crippen molar-refractivity contribution < 1.29 is 25.4 Å². The number of para-hydroxylation sites is 1. The van der Waals surface area contributed by atoms with Crippen LogP contribution in [0, 0.1) is 13.8 Å². The van der Waals surface area contributed by atoms with Crippen LogP contribution >= 0.6 is 0 Å². The van der Waals surface area contributed by atoms with Gasteiger partial charge in [-0.15, -0.1) is 0 Å². The first-order chi connectivity index (χ1) is 15.5. The van der Waals surface area contributed by atoms with Crippen LogP contribution in [0.2, 0.25) is 0 Å². The minimum absolute atomic E-state index is 0.0108. The van der Waals surface area contributed by atoms with E-state index in [4.69, 9.17) is 8.60 Å². The molecule has 4 aromatic rings. The van der Waals surface area contributed by atoms with Crippen LogP contribution in [0.25, 0.3) is 11.0 Å². The highest BCUT2D eigenvalue weighted by molar-refractivity contribution is 7.92. The third kappa shape index (κ3) is 4.76. The van der Waals surface area contributed by atoms with E-state index < -0.39 is 25.8 Å². The molecule has 10 heteroatoms. The molecule has 0 spiro atoms. The zero-order chi connectivity index (χ0) is 23.8. The zero-order valence-corrected chi connectivity index (χ0v) is 19.2. The summed E-state index contributed by atoms with van der Waals surface area (Å²) in [7, 11) is -8.24. The van der Waals surface area contributed by atoms with Gasteiger partial charge in [-0.05, 0) is 61.4 Å². The van der Waals surface area contributed by atoms with Crippen LogP contribution in [0.5, 0.6) is 5.75 Å². The van der Waals surface area contributed by atoms with E-state index in [2.05, 4.69) is 4.72 Å². The molecule has 0 aliphatic heterocycles. The SMILES string of the molecule is Cc1cccc(S(=O)(=O)Nc2cc3cccc(OS(=O)(=O)c4cccc(C)c4)c3oc2=O)c1. The van der Waals surface area contributed by atoms with Gasteiger partial charge in [0, 0.05) is 5.39 Å². The van der Waals surface area contributed by atoms with Crippen molar-refractivity contribution >= 4 is 36.8 Å². The topological polar surface area (TPSA) is 120 Å². The lowest BCUT2D eigenvalue weighted by atomic mass is 10.2. The van der Waals surface area contributed by atoms with Crippen LogP contribution in [0.15, 0.2) is 91.8 Å². The van der Waals surface area contributed by atoms with Crippen molar-refractivity contribution in [3.8, 4) is 5.75 Å². The largest absolute Gasteiger partial charge is 0.417 e. The number of aryl methyl sites for hydroxylation is 2. The fourth-order valence-corrected chi connectivity index (χ4v) is 5.37. The van der Waals surface area contributed by atoms with E-state index in [0.29, 0.717) is 0 Å².